The number of hydrogen-bond donors (Lipinski definition) is 0. The molecule has 11 rings (SSSR count). The molecule has 10 aromatic carbocycles. The quantitative estimate of drug-likeness (QED) is 0.153. The van der Waals surface area contributed by atoms with Gasteiger partial charge in [-0.05, 0) is 115 Å². The van der Waals surface area contributed by atoms with E-state index in [2.05, 4.69) is 235 Å². The Hall–Kier alpha value is -7.94. The SMILES string of the molecule is c1ccc(-c2ccccc2-c2ccc(N(c3ccc(-c4ccc5ccccc5c4)cc3)c3ccc(-c4ccc5oc6c(-c7ccccc7)cccc6c5c4)cc3)cc2)cc1. The molecule has 60 heavy (non-hydrogen) atoms. The van der Waals surface area contributed by atoms with Gasteiger partial charge in [0.25, 0.3) is 0 Å². The van der Waals surface area contributed by atoms with Crippen LogP contribution in [0.2, 0.25) is 0 Å². The Kier molecular flexibility index (Phi) is 8.87. The van der Waals surface area contributed by atoms with Gasteiger partial charge < -0.3 is 9.32 Å². The largest absolute Gasteiger partial charge is 0.455 e. The number of hydrogen-bond acceptors (Lipinski definition) is 2. The van der Waals surface area contributed by atoms with Crippen LogP contribution >= 0.6 is 0 Å². The number of rotatable bonds is 8. The van der Waals surface area contributed by atoms with Crippen LogP contribution in [-0.4, -0.2) is 0 Å². The predicted molar refractivity (Wildman–Crippen MR) is 253 cm³/mol. The summed E-state index contributed by atoms with van der Waals surface area (Å²) < 4.78 is 6.49. The van der Waals surface area contributed by atoms with Crippen molar-refractivity contribution in [1.29, 1.82) is 0 Å². The molecule has 282 valence electrons. The van der Waals surface area contributed by atoms with Gasteiger partial charge in [-0.15, -0.1) is 0 Å². The van der Waals surface area contributed by atoms with Crippen LogP contribution in [0.3, 0.4) is 0 Å². The minimum atomic E-state index is 0.891. The van der Waals surface area contributed by atoms with Crippen molar-refractivity contribution in [2.24, 2.45) is 0 Å². The first-order valence-electron chi connectivity index (χ1n) is 20.5. The first-order chi connectivity index (χ1) is 29.7. The van der Waals surface area contributed by atoms with Crippen LogP contribution in [0.4, 0.5) is 17.1 Å². The van der Waals surface area contributed by atoms with E-state index in [0.29, 0.717) is 0 Å². The maximum absolute atomic E-state index is 6.49. The van der Waals surface area contributed by atoms with Crippen molar-refractivity contribution in [2.75, 3.05) is 4.90 Å². The third-order valence-electron chi connectivity index (χ3n) is 11.7. The maximum Gasteiger partial charge on any atom is 0.143 e. The minimum absolute atomic E-state index is 0.891. The Balaban J connectivity index is 0.963. The van der Waals surface area contributed by atoms with Crippen LogP contribution in [-0.2, 0) is 0 Å². The second kappa shape index (κ2) is 15.1. The molecule has 0 aliphatic rings. The Morgan fingerprint density at radius 3 is 1.33 bits per heavy atom. The lowest BCUT2D eigenvalue weighted by atomic mass is 9.94. The van der Waals surface area contributed by atoms with Crippen molar-refractivity contribution in [1.82, 2.24) is 0 Å². The summed E-state index contributed by atoms with van der Waals surface area (Å²) in [5.74, 6) is 0. The average Bonchev–Trinajstić information content (AvgIpc) is 3.71. The van der Waals surface area contributed by atoms with E-state index in [-0.39, 0.29) is 0 Å². The van der Waals surface area contributed by atoms with Gasteiger partial charge in [-0.3, -0.25) is 0 Å². The fourth-order valence-electron chi connectivity index (χ4n) is 8.64. The molecule has 0 radical (unpaired) electrons. The van der Waals surface area contributed by atoms with E-state index in [1.54, 1.807) is 0 Å². The number of nitrogens with zero attached hydrogens (tertiary/aromatic N) is 1. The van der Waals surface area contributed by atoms with Crippen LogP contribution in [0.1, 0.15) is 0 Å². The van der Waals surface area contributed by atoms with Gasteiger partial charge in [0.05, 0.1) is 0 Å². The third kappa shape index (κ3) is 6.51. The van der Waals surface area contributed by atoms with Gasteiger partial charge in [0.2, 0.25) is 0 Å². The maximum atomic E-state index is 6.49. The molecule has 1 heterocycles. The summed E-state index contributed by atoms with van der Waals surface area (Å²) in [6, 6.07) is 84.8. The van der Waals surface area contributed by atoms with Gasteiger partial charge >= 0.3 is 0 Å². The van der Waals surface area contributed by atoms with E-state index in [1.807, 2.05) is 6.07 Å². The number of anilines is 3. The summed E-state index contributed by atoms with van der Waals surface area (Å²) in [5, 5.41) is 4.73. The second-order valence-electron chi connectivity index (χ2n) is 15.3. The fraction of sp³-hybridized carbons (Fsp3) is 0. The molecule has 0 saturated carbocycles. The molecule has 0 fully saturated rings. The van der Waals surface area contributed by atoms with Crippen LogP contribution in [0, 0.1) is 0 Å². The van der Waals surface area contributed by atoms with Crippen LogP contribution in [0.25, 0.3) is 88.3 Å². The molecule has 2 nitrogen and oxygen atoms in total. The molecule has 0 N–H and O–H groups in total. The molecule has 2 heteroatoms. The first kappa shape index (κ1) is 35.2. The van der Waals surface area contributed by atoms with E-state index < -0.39 is 0 Å². The molecule has 0 saturated heterocycles. The van der Waals surface area contributed by atoms with Gasteiger partial charge in [-0.1, -0.05) is 182 Å². The summed E-state index contributed by atoms with van der Waals surface area (Å²) in [6.07, 6.45) is 0. The van der Waals surface area contributed by atoms with Gasteiger partial charge in [0.15, 0.2) is 0 Å². The molecular weight excluding hydrogens is 727 g/mol. The summed E-state index contributed by atoms with van der Waals surface area (Å²) in [5.41, 5.74) is 16.8. The van der Waals surface area contributed by atoms with E-state index in [9.17, 15) is 0 Å². The zero-order chi connectivity index (χ0) is 39.8. The van der Waals surface area contributed by atoms with Crippen molar-refractivity contribution in [3.05, 3.63) is 237 Å². The standard InChI is InChI=1S/C58H39NO/c1-3-13-43(14-4-1)52-18-9-10-19-53(52)45-28-35-51(36-29-45)59(49-31-24-41(25-32-49)47-23-22-40-12-7-8-17-46(40)38-47)50-33-26-42(27-34-50)48-30-37-57-56(39-48)55-21-11-20-54(58(55)60-57)44-15-5-2-6-16-44/h1-39H. The Labute approximate surface area is 349 Å². The number of para-hydroxylation sites is 1. The van der Waals surface area contributed by atoms with Crippen LogP contribution in [0.5, 0.6) is 0 Å². The van der Waals surface area contributed by atoms with E-state index in [0.717, 1.165) is 61.3 Å². The molecule has 0 aliphatic carbocycles. The van der Waals surface area contributed by atoms with Crippen molar-refractivity contribution in [3.8, 4) is 55.6 Å². The lowest BCUT2D eigenvalue weighted by Crippen LogP contribution is -2.09. The zero-order valence-corrected chi connectivity index (χ0v) is 32.9. The molecular formula is C58H39NO. The lowest BCUT2D eigenvalue weighted by molar-refractivity contribution is 0.670. The van der Waals surface area contributed by atoms with Crippen molar-refractivity contribution >= 4 is 49.8 Å². The Morgan fingerprint density at radius 2 is 0.717 bits per heavy atom. The van der Waals surface area contributed by atoms with E-state index in [4.69, 9.17) is 4.42 Å². The molecule has 0 aliphatic heterocycles. The van der Waals surface area contributed by atoms with Crippen LogP contribution in [0.15, 0.2) is 241 Å². The first-order valence-corrected chi connectivity index (χ1v) is 20.5. The zero-order valence-electron chi connectivity index (χ0n) is 32.9. The lowest BCUT2D eigenvalue weighted by Gasteiger charge is -2.26. The topological polar surface area (TPSA) is 16.4 Å². The van der Waals surface area contributed by atoms with Gasteiger partial charge in [0, 0.05) is 33.4 Å². The molecule has 11 aromatic rings. The van der Waals surface area contributed by atoms with Crippen LogP contribution < -0.4 is 4.90 Å². The molecule has 0 bridgehead atoms. The van der Waals surface area contributed by atoms with Crippen molar-refractivity contribution < 1.29 is 4.42 Å². The third-order valence-corrected chi connectivity index (χ3v) is 11.7. The minimum Gasteiger partial charge on any atom is -0.455 e. The molecule has 0 spiro atoms. The number of fused-ring (bicyclic) bond motifs is 4. The predicted octanol–water partition coefficient (Wildman–Crippen LogP) is 16.5. The fourth-order valence-corrected chi connectivity index (χ4v) is 8.64. The molecule has 1 aromatic heterocycles. The van der Waals surface area contributed by atoms with Gasteiger partial charge in [-0.2, -0.15) is 0 Å². The summed E-state index contributed by atoms with van der Waals surface area (Å²) >= 11 is 0. The normalized spacial score (nSPS) is 11.3. The van der Waals surface area contributed by atoms with Crippen molar-refractivity contribution in [2.45, 2.75) is 0 Å². The highest BCUT2D eigenvalue weighted by atomic mass is 16.3. The van der Waals surface area contributed by atoms with E-state index >= 15 is 0 Å². The monoisotopic (exact) mass is 765 g/mol. The number of furan rings is 1. The van der Waals surface area contributed by atoms with Gasteiger partial charge in [-0.25, -0.2) is 0 Å². The highest BCUT2D eigenvalue weighted by Crippen LogP contribution is 2.41. The highest BCUT2D eigenvalue weighted by Gasteiger charge is 2.17. The Bertz CT molecular complexity index is 3270. The highest BCUT2D eigenvalue weighted by molar-refractivity contribution is 6.10. The Morgan fingerprint density at radius 1 is 0.267 bits per heavy atom. The number of benzene rings is 10. The molecule has 0 unspecified atom stereocenters. The van der Waals surface area contributed by atoms with Crippen molar-refractivity contribution in [3.63, 3.8) is 0 Å². The summed E-state index contributed by atoms with van der Waals surface area (Å²) in [7, 11) is 0. The summed E-state index contributed by atoms with van der Waals surface area (Å²) in [6.45, 7) is 0. The summed E-state index contributed by atoms with van der Waals surface area (Å²) in [4.78, 5) is 2.35. The van der Waals surface area contributed by atoms with Gasteiger partial charge in [0.1, 0.15) is 11.2 Å². The average molecular weight is 766 g/mol. The molecule has 0 amide bonds. The smallest absolute Gasteiger partial charge is 0.143 e. The molecule has 0 atom stereocenters. The second-order valence-corrected chi connectivity index (χ2v) is 15.3. The van der Waals surface area contributed by atoms with E-state index in [1.165, 1.54) is 44.2 Å².